The molecule has 0 fully saturated rings. The zero-order chi connectivity index (χ0) is 27.0. The Morgan fingerprint density at radius 1 is 0.973 bits per heavy atom. The summed E-state index contributed by atoms with van der Waals surface area (Å²) >= 11 is 7.54. The number of benzene rings is 2. The number of sulfonamides is 1. The molecule has 0 radical (unpaired) electrons. The van der Waals surface area contributed by atoms with Gasteiger partial charge >= 0.3 is 0 Å². The highest BCUT2D eigenvalue weighted by molar-refractivity contribution is 7.89. The van der Waals surface area contributed by atoms with Crippen LogP contribution in [0.25, 0.3) is 10.2 Å². The highest BCUT2D eigenvalue weighted by Crippen LogP contribution is 2.32. The van der Waals surface area contributed by atoms with Crippen molar-refractivity contribution in [2.45, 2.75) is 11.3 Å². The fourth-order valence-corrected chi connectivity index (χ4v) is 6.32. The number of nitrogens with zero attached hydrogens (tertiary/aromatic N) is 4. The summed E-state index contributed by atoms with van der Waals surface area (Å²) in [6.45, 7) is 2.18. The molecule has 0 aliphatic rings. The lowest BCUT2D eigenvalue weighted by Gasteiger charge is -2.22. The highest BCUT2D eigenvalue weighted by atomic mass is 35.5. The van der Waals surface area contributed by atoms with Gasteiger partial charge in [-0.25, -0.2) is 13.4 Å². The van der Waals surface area contributed by atoms with E-state index >= 15 is 0 Å². The van der Waals surface area contributed by atoms with Gasteiger partial charge in [-0.1, -0.05) is 22.9 Å². The van der Waals surface area contributed by atoms with E-state index < -0.39 is 10.0 Å². The smallest absolute Gasteiger partial charge is 0.260 e. The predicted molar refractivity (Wildman–Crippen MR) is 148 cm³/mol. The van der Waals surface area contributed by atoms with Gasteiger partial charge < -0.3 is 14.4 Å². The summed E-state index contributed by atoms with van der Waals surface area (Å²) in [7, 11) is 3.21. The van der Waals surface area contributed by atoms with Gasteiger partial charge in [-0.3, -0.25) is 9.69 Å². The Morgan fingerprint density at radius 2 is 1.62 bits per heavy atom. The Balaban J connectivity index is 1.88. The molecule has 0 atom stereocenters. The molecule has 202 valence electrons. The highest BCUT2D eigenvalue weighted by Gasteiger charge is 2.26. The van der Waals surface area contributed by atoms with Crippen LogP contribution < -0.4 is 4.90 Å². The molecule has 0 spiro atoms. The zero-order valence-electron chi connectivity index (χ0n) is 21.5. The number of carbonyl (C=O) groups is 1. The summed E-state index contributed by atoms with van der Waals surface area (Å²) in [6, 6.07) is 11.5. The van der Waals surface area contributed by atoms with Gasteiger partial charge in [0.2, 0.25) is 10.0 Å². The Labute approximate surface area is 227 Å². The van der Waals surface area contributed by atoms with Crippen molar-refractivity contribution in [2.75, 3.05) is 72.6 Å². The standard InChI is InChI=1S/C25H33ClN4O5S2/c1-28(2)12-5-13-30(25-27-22-11-8-20(26)18-23(22)36-25)24(31)19-6-9-21(10-7-19)37(32,33)29(14-16-34-3)15-17-35-4/h6-11,18H,5,12-17H2,1-4H3. The van der Waals surface area contributed by atoms with Gasteiger partial charge in [0.05, 0.1) is 28.3 Å². The van der Waals surface area contributed by atoms with Crippen LogP contribution in [0.5, 0.6) is 0 Å². The normalized spacial score (nSPS) is 12.1. The van der Waals surface area contributed by atoms with Crippen LogP contribution in [0.2, 0.25) is 5.02 Å². The van der Waals surface area contributed by atoms with E-state index in [2.05, 4.69) is 9.88 Å². The number of ether oxygens (including phenoxy) is 2. The summed E-state index contributed by atoms with van der Waals surface area (Å²) in [5.41, 5.74) is 1.14. The summed E-state index contributed by atoms with van der Waals surface area (Å²) in [4.78, 5) is 22.1. The molecule has 0 N–H and O–H groups in total. The Morgan fingerprint density at radius 3 is 2.22 bits per heavy atom. The third-order valence-electron chi connectivity index (χ3n) is 5.63. The molecule has 0 saturated carbocycles. The van der Waals surface area contributed by atoms with Crippen molar-refractivity contribution in [3.8, 4) is 0 Å². The fourth-order valence-electron chi connectivity index (χ4n) is 3.64. The molecular formula is C25H33ClN4O5S2. The van der Waals surface area contributed by atoms with Crippen molar-refractivity contribution < 1.29 is 22.7 Å². The van der Waals surface area contributed by atoms with Gasteiger partial charge in [-0.05, 0) is 69.5 Å². The minimum absolute atomic E-state index is 0.102. The number of thiazole rings is 1. The Hall–Kier alpha value is -2.12. The number of carbonyl (C=O) groups excluding carboxylic acids is 1. The average Bonchev–Trinajstić information content (AvgIpc) is 3.29. The first-order chi connectivity index (χ1) is 17.7. The van der Waals surface area contributed by atoms with E-state index in [9.17, 15) is 13.2 Å². The minimum Gasteiger partial charge on any atom is -0.383 e. The van der Waals surface area contributed by atoms with E-state index in [1.807, 2.05) is 26.2 Å². The van der Waals surface area contributed by atoms with E-state index in [0.717, 1.165) is 23.2 Å². The molecule has 1 heterocycles. The van der Waals surface area contributed by atoms with E-state index in [4.69, 9.17) is 21.1 Å². The lowest BCUT2D eigenvalue weighted by molar-refractivity contribution is 0.0986. The number of halogens is 1. The molecule has 12 heteroatoms. The lowest BCUT2D eigenvalue weighted by Crippen LogP contribution is -2.36. The minimum atomic E-state index is -3.79. The van der Waals surface area contributed by atoms with Crippen LogP contribution in [0, 0.1) is 0 Å². The maximum absolute atomic E-state index is 13.6. The number of hydrogen-bond donors (Lipinski definition) is 0. The Bertz CT molecular complexity index is 1270. The van der Waals surface area contributed by atoms with Gasteiger partial charge in [-0.2, -0.15) is 4.31 Å². The van der Waals surface area contributed by atoms with Crippen molar-refractivity contribution in [3.63, 3.8) is 0 Å². The first kappa shape index (κ1) is 29.4. The van der Waals surface area contributed by atoms with Crippen molar-refractivity contribution in [1.82, 2.24) is 14.2 Å². The number of rotatable bonds is 14. The maximum Gasteiger partial charge on any atom is 0.260 e. The number of fused-ring (bicyclic) bond motifs is 1. The van der Waals surface area contributed by atoms with Crippen LogP contribution >= 0.6 is 22.9 Å². The van der Waals surface area contributed by atoms with Crippen LogP contribution in [-0.4, -0.2) is 96.2 Å². The molecule has 0 bridgehead atoms. The van der Waals surface area contributed by atoms with Crippen LogP contribution in [0.3, 0.4) is 0 Å². The molecule has 3 rings (SSSR count). The first-order valence-electron chi connectivity index (χ1n) is 11.8. The quantitative estimate of drug-likeness (QED) is 0.292. The molecule has 2 aromatic carbocycles. The van der Waals surface area contributed by atoms with Gasteiger partial charge in [0.1, 0.15) is 0 Å². The second kappa shape index (κ2) is 13.6. The van der Waals surface area contributed by atoms with Gasteiger partial charge in [0.15, 0.2) is 5.13 Å². The van der Waals surface area contributed by atoms with Crippen molar-refractivity contribution in [2.24, 2.45) is 0 Å². The lowest BCUT2D eigenvalue weighted by atomic mass is 10.2. The number of aromatic nitrogens is 1. The number of hydrogen-bond acceptors (Lipinski definition) is 8. The maximum atomic E-state index is 13.6. The van der Waals surface area contributed by atoms with Crippen molar-refractivity contribution in [3.05, 3.63) is 53.1 Å². The molecule has 0 aliphatic carbocycles. The van der Waals surface area contributed by atoms with Crippen LogP contribution in [-0.2, 0) is 19.5 Å². The monoisotopic (exact) mass is 568 g/mol. The van der Waals surface area contributed by atoms with E-state index in [0.29, 0.717) is 22.3 Å². The van der Waals surface area contributed by atoms with E-state index in [1.54, 1.807) is 23.1 Å². The first-order valence-corrected chi connectivity index (χ1v) is 14.4. The molecule has 0 unspecified atom stereocenters. The number of amides is 1. The largest absolute Gasteiger partial charge is 0.383 e. The van der Waals surface area contributed by atoms with Crippen LogP contribution in [0.15, 0.2) is 47.4 Å². The summed E-state index contributed by atoms with van der Waals surface area (Å²) in [5.74, 6) is -0.247. The second-order valence-corrected chi connectivity index (χ2v) is 12.0. The van der Waals surface area contributed by atoms with Crippen molar-refractivity contribution in [1.29, 1.82) is 0 Å². The molecule has 9 nitrogen and oxygen atoms in total. The molecule has 0 saturated heterocycles. The third kappa shape index (κ3) is 7.70. The number of anilines is 1. The predicted octanol–water partition coefficient (Wildman–Crippen LogP) is 3.83. The summed E-state index contributed by atoms with van der Waals surface area (Å²) in [6.07, 6.45) is 0.746. The van der Waals surface area contributed by atoms with E-state index in [1.165, 1.54) is 42.0 Å². The molecule has 3 aromatic rings. The topological polar surface area (TPSA) is 92.3 Å². The second-order valence-electron chi connectivity index (χ2n) is 8.64. The SMILES string of the molecule is COCCN(CCOC)S(=O)(=O)c1ccc(C(=O)N(CCCN(C)C)c2nc3ccc(Cl)cc3s2)cc1. The van der Waals surface area contributed by atoms with Crippen LogP contribution in [0.4, 0.5) is 5.13 Å². The molecule has 1 aromatic heterocycles. The Kier molecular flexibility index (Phi) is 10.8. The van der Waals surface area contributed by atoms with E-state index in [-0.39, 0.29) is 37.1 Å². The van der Waals surface area contributed by atoms with Gasteiger partial charge in [-0.15, -0.1) is 0 Å². The van der Waals surface area contributed by atoms with Crippen LogP contribution in [0.1, 0.15) is 16.8 Å². The molecule has 0 aliphatic heterocycles. The van der Waals surface area contributed by atoms with Crippen molar-refractivity contribution >= 4 is 54.2 Å². The summed E-state index contributed by atoms with van der Waals surface area (Å²) < 4.78 is 38.8. The van der Waals surface area contributed by atoms with Gasteiger partial charge in [0.25, 0.3) is 5.91 Å². The molecule has 37 heavy (non-hydrogen) atoms. The zero-order valence-corrected chi connectivity index (χ0v) is 23.9. The summed E-state index contributed by atoms with van der Waals surface area (Å²) in [5, 5.41) is 1.18. The molecule has 1 amide bonds. The average molecular weight is 569 g/mol. The van der Waals surface area contributed by atoms with Gasteiger partial charge in [0, 0.05) is 44.4 Å². The fraction of sp³-hybridized carbons (Fsp3) is 0.440. The molecular weight excluding hydrogens is 536 g/mol. The third-order valence-corrected chi connectivity index (χ3v) is 8.82. The number of methoxy groups -OCH3 is 2.